The van der Waals surface area contributed by atoms with Gasteiger partial charge in [0.05, 0.1) is 18.2 Å². The Balaban J connectivity index is 1.91. The van der Waals surface area contributed by atoms with Crippen molar-refractivity contribution in [3.8, 4) is 0 Å². The van der Waals surface area contributed by atoms with Crippen LogP contribution in [0, 0.1) is 5.92 Å². The van der Waals surface area contributed by atoms with Crippen LogP contribution in [-0.4, -0.2) is 11.6 Å². The maximum Gasteiger partial charge on any atom is 0.122 e. The van der Waals surface area contributed by atoms with Crippen molar-refractivity contribution in [1.82, 2.24) is 4.98 Å². The fraction of sp³-hybridized carbons (Fsp3) is 0.727. The van der Waals surface area contributed by atoms with E-state index in [9.17, 15) is 0 Å². The molecule has 1 aliphatic carbocycles. The lowest BCUT2D eigenvalue weighted by Gasteiger charge is -2.12. The lowest BCUT2D eigenvalue weighted by molar-refractivity contribution is 0.0424. The van der Waals surface area contributed by atoms with E-state index in [2.05, 4.69) is 11.9 Å². The number of hydrogen-bond acceptors (Lipinski definition) is 3. The number of alkyl halides is 1. The number of hydrogen-bond donors (Lipinski definition) is 0. The molecule has 0 spiro atoms. The zero-order chi connectivity index (χ0) is 10.7. The van der Waals surface area contributed by atoms with E-state index in [1.807, 2.05) is 5.38 Å². The summed E-state index contributed by atoms with van der Waals surface area (Å²) >= 11 is 7.39. The molecule has 0 bridgehead atoms. The second kappa shape index (κ2) is 5.28. The first-order valence-corrected chi connectivity index (χ1v) is 6.86. The van der Waals surface area contributed by atoms with Crippen molar-refractivity contribution in [2.45, 2.75) is 38.2 Å². The first-order valence-electron chi connectivity index (χ1n) is 5.45. The Bertz CT molecular complexity index is 311. The summed E-state index contributed by atoms with van der Waals surface area (Å²) in [5, 5.41) is 3.10. The molecule has 1 aliphatic rings. The van der Waals surface area contributed by atoms with Crippen LogP contribution >= 0.6 is 22.9 Å². The molecule has 1 fully saturated rings. The van der Waals surface area contributed by atoms with Gasteiger partial charge in [-0.3, -0.25) is 0 Å². The molecule has 15 heavy (non-hydrogen) atoms. The van der Waals surface area contributed by atoms with Crippen molar-refractivity contribution in [3.05, 3.63) is 16.1 Å². The van der Waals surface area contributed by atoms with Gasteiger partial charge in [0.1, 0.15) is 11.1 Å². The highest BCUT2D eigenvalue weighted by atomic mass is 35.5. The standard InChI is InChI=1S/C11H16ClNOS/c1-2-10(14-6-8-3-4-8)11-13-9(5-12)7-15-11/h7-8,10H,2-6H2,1H3. The molecule has 0 saturated heterocycles. The largest absolute Gasteiger partial charge is 0.371 e. The number of nitrogens with zero attached hydrogens (tertiary/aromatic N) is 1. The summed E-state index contributed by atoms with van der Waals surface area (Å²) in [5.74, 6) is 1.31. The molecule has 0 N–H and O–H groups in total. The van der Waals surface area contributed by atoms with Gasteiger partial charge in [0, 0.05) is 5.38 Å². The Morgan fingerprint density at radius 2 is 2.47 bits per heavy atom. The lowest BCUT2D eigenvalue weighted by Crippen LogP contribution is -2.05. The molecule has 2 rings (SSSR count). The van der Waals surface area contributed by atoms with Gasteiger partial charge in [-0.1, -0.05) is 6.92 Å². The summed E-state index contributed by atoms with van der Waals surface area (Å²) in [6, 6.07) is 0. The molecule has 4 heteroatoms. The van der Waals surface area contributed by atoms with Gasteiger partial charge in [-0.25, -0.2) is 4.98 Å². The van der Waals surface area contributed by atoms with Crippen molar-refractivity contribution in [2.75, 3.05) is 6.61 Å². The van der Waals surface area contributed by atoms with Crippen molar-refractivity contribution in [2.24, 2.45) is 5.92 Å². The van der Waals surface area contributed by atoms with Crippen LogP contribution in [0.3, 0.4) is 0 Å². The van der Waals surface area contributed by atoms with Crippen molar-refractivity contribution < 1.29 is 4.74 Å². The molecule has 1 aromatic heterocycles. The fourth-order valence-electron chi connectivity index (χ4n) is 1.43. The summed E-state index contributed by atoms with van der Waals surface area (Å²) in [6.45, 7) is 3.04. The van der Waals surface area contributed by atoms with Gasteiger partial charge in [-0.2, -0.15) is 0 Å². The molecule has 0 aliphatic heterocycles. The van der Waals surface area contributed by atoms with Crippen LogP contribution in [0.2, 0.25) is 0 Å². The van der Waals surface area contributed by atoms with Crippen LogP contribution in [0.25, 0.3) is 0 Å². The SMILES string of the molecule is CCC(OCC1CC1)c1nc(CCl)cs1. The quantitative estimate of drug-likeness (QED) is 0.712. The molecule has 1 aromatic rings. The van der Waals surface area contributed by atoms with E-state index in [4.69, 9.17) is 16.3 Å². The van der Waals surface area contributed by atoms with E-state index in [1.165, 1.54) is 12.8 Å². The highest BCUT2D eigenvalue weighted by Crippen LogP contribution is 2.32. The smallest absolute Gasteiger partial charge is 0.122 e. The molecule has 1 saturated carbocycles. The number of thiazole rings is 1. The Labute approximate surface area is 99.6 Å². The summed E-state index contributed by atoms with van der Waals surface area (Å²) in [5.41, 5.74) is 0.963. The Morgan fingerprint density at radius 1 is 1.67 bits per heavy atom. The molecular weight excluding hydrogens is 230 g/mol. The van der Waals surface area contributed by atoms with Crippen LogP contribution in [0.15, 0.2) is 5.38 Å². The number of aromatic nitrogens is 1. The summed E-state index contributed by atoms with van der Waals surface area (Å²) in [6.07, 6.45) is 3.83. The van der Waals surface area contributed by atoms with E-state index in [0.29, 0.717) is 5.88 Å². The maximum absolute atomic E-state index is 5.86. The van der Waals surface area contributed by atoms with Gasteiger partial charge in [0.25, 0.3) is 0 Å². The fourth-order valence-corrected chi connectivity index (χ4v) is 2.61. The predicted molar refractivity (Wildman–Crippen MR) is 63.4 cm³/mol. The van der Waals surface area contributed by atoms with Crippen molar-refractivity contribution >= 4 is 22.9 Å². The van der Waals surface area contributed by atoms with Crippen molar-refractivity contribution in [3.63, 3.8) is 0 Å². The van der Waals surface area contributed by atoms with Gasteiger partial charge in [0.2, 0.25) is 0 Å². The van der Waals surface area contributed by atoms with Crippen LogP contribution < -0.4 is 0 Å². The van der Waals surface area contributed by atoms with Crippen molar-refractivity contribution in [1.29, 1.82) is 0 Å². The van der Waals surface area contributed by atoms with Crippen LogP contribution in [-0.2, 0) is 10.6 Å². The average molecular weight is 246 g/mol. The second-order valence-corrected chi connectivity index (χ2v) is 5.14. The molecule has 2 nitrogen and oxygen atoms in total. The highest BCUT2D eigenvalue weighted by Gasteiger charge is 2.24. The molecule has 1 heterocycles. The maximum atomic E-state index is 5.86. The van der Waals surface area contributed by atoms with Crippen LogP contribution in [0.5, 0.6) is 0 Å². The minimum absolute atomic E-state index is 0.174. The molecule has 1 unspecified atom stereocenters. The second-order valence-electron chi connectivity index (χ2n) is 3.98. The highest BCUT2D eigenvalue weighted by molar-refractivity contribution is 7.09. The van der Waals surface area contributed by atoms with Gasteiger partial charge < -0.3 is 4.74 Å². The minimum Gasteiger partial charge on any atom is -0.371 e. The zero-order valence-electron chi connectivity index (χ0n) is 8.91. The molecule has 1 atom stereocenters. The number of halogens is 1. The predicted octanol–water partition coefficient (Wildman–Crippen LogP) is 3.76. The monoisotopic (exact) mass is 245 g/mol. The van der Waals surface area contributed by atoms with E-state index in [-0.39, 0.29) is 6.10 Å². The summed E-state index contributed by atoms with van der Waals surface area (Å²) in [4.78, 5) is 4.46. The molecule has 0 aromatic carbocycles. The topological polar surface area (TPSA) is 22.1 Å². The third-order valence-electron chi connectivity index (χ3n) is 2.58. The Morgan fingerprint density at radius 3 is 3.00 bits per heavy atom. The molecular formula is C11H16ClNOS. The number of ether oxygens (including phenoxy) is 1. The van der Waals surface area contributed by atoms with Gasteiger partial charge in [-0.05, 0) is 25.2 Å². The minimum atomic E-state index is 0.174. The van der Waals surface area contributed by atoms with Crippen LogP contribution in [0.4, 0.5) is 0 Å². The van der Waals surface area contributed by atoms with E-state index >= 15 is 0 Å². The van der Waals surface area contributed by atoms with E-state index in [0.717, 1.165) is 29.6 Å². The average Bonchev–Trinajstić information content (AvgIpc) is 2.96. The number of rotatable bonds is 6. The molecule has 0 amide bonds. The third kappa shape index (κ3) is 3.16. The summed E-state index contributed by atoms with van der Waals surface area (Å²) in [7, 11) is 0. The molecule has 84 valence electrons. The van der Waals surface area contributed by atoms with Crippen LogP contribution in [0.1, 0.15) is 43.0 Å². The lowest BCUT2D eigenvalue weighted by atomic mass is 10.3. The van der Waals surface area contributed by atoms with E-state index in [1.54, 1.807) is 11.3 Å². The van der Waals surface area contributed by atoms with Gasteiger partial charge in [-0.15, -0.1) is 22.9 Å². The summed E-state index contributed by atoms with van der Waals surface area (Å²) < 4.78 is 5.86. The first-order chi connectivity index (χ1) is 7.33. The van der Waals surface area contributed by atoms with Gasteiger partial charge in [0.15, 0.2) is 0 Å². The third-order valence-corrected chi connectivity index (χ3v) is 3.84. The molecule has 0 radical (unpaired) electrons. The van der Waals surface area contributed by atoms with Gasteiger partial charge >= 0.3 is 0 Å². The Hall–Kier alpha value is -0.120. The zero-order valence-corrected chi connectivity index (χ0v) is 10.5. The Kier molecular flexibility index (Phi) is 4.00. The normalized spacial score (nSPS) is 18.0. The van der Waals surface area contributed by atoms with E-state index < -0.39 is 0 Å². The first kappa shape index (κ1) is 11.4.